The van der Waals surface area contributed by atoms with Gasteiger partial charge in [0.25, 0.3) is 0 Å². The summed E-state index contributed by atoms with van der Waals surface area (Å²) in [6, 6.07) is 6.59. The van der Waals surface area contributed by atoms with Crippen LogP contribution in [0.3, 0.4) is 0 Å². The Morgan fingerprint density at radius 1 is 1.29 bits per heavy atom. The van der Waals surface area contributed by atoms with Crippen LogP contribution in [0, 0.1) is 5.82 Å². The molecule has 1 aromatic heterocycles. The second kappa shape index (κ2) is 7.41. The van der Waals surface area contributed by atoms with Crippen molar-refractivity contribution in [2.45, 2.75) is 39.2 Å². The van der Waals surface area contributed by atoms with E-state index in [2.05, 4.69) is 34.9 Å². The average molecular weight is 374 g/mol. The number of aromatic nitrogens is 2. The highest BCUT2D eigenvalue weighted by Crippen LogP contribution is 2.29. The summed E-state index contributed by atoms with van der Waals surface area (Å²) in [5.41, 5.74) is 3.28. The van der Waals surface area contributed by atoms with Crippen LogP contribution in [0.5, 0.6) is 0 Å². The van der Waals surface area contributed by atoms with Gasteiger partial charge in [-0.15, -0.1) is 11.6 Å². The first kappa shape index (κ1) is 16.5. The Labute approximate surface area is 138 Å². The zero-order valence-corrected chi connectivity index (χ0v) is 14.6. The zero-order chi connectivity index (χ0) is 15.4. The molecule has 0 bridgehead atoms. The SMILES string of the molecule is CCc1nn(CC)c(CC(CCl)c2ccc(F)cc2)c1Br. The maximum absolute atomic E-state index is 13.1. The van der Waals surface area contributed by atoms with Crippen molar-refractivity contribution in [2.75, 3.05) is 5.88 Å². The molecule has 0 saturated heterocycles. The average Bonchev–Trinajstić information content (AvgIpc) is 2.81. The Morgan fingerprint density at radius 3 is 2.48 bits per heavy atom. The van der Waals surface area contributed by atoms with Crippen molar-refractivity contribution in [2.24, 2.45) is 0 Å². The molecule has 21 heavy (non-hydrogen) atoms. The molecule has 0 N–H and O–H groups in total. The summed E-state index contributed by atoms with van der Waals surface area (Å²) < 4.78 is 16.2. The molecule has 1 aromatic carbocycles. The van der Waals surface area contributed by atoms with Crippen molar-refractivity contribution in [3.63, 3.8) is 0 Å². The fourth-order valence-electron chi connectivity index (χ4n) is 2.44. The van der Waals surface area contributed by atoms with Crippen LogP contribution >= 0.6 is 27.5 Å². The van der Waals surface area contributed by atoms with Crippen molar-refractivity contribution in [1.29, 1.82) is 0 Å². The van der Waals surface area contributed by atoms with Gasteiger partial charge in [0.1, 0.15) is 5.82 Å². The van der Waals surface area contributed by atoms with Crippen LogP contribution in [0.2, 0.25) is 0 Å². The van der Waals surface area contributed by atoms with E-state index in [0.717, 1.165) is 40.8 Å². The zero-order valence-electron chi connectivity index (χ0n) is 12.2. The van der Waals surface area contributed by atoms with Gasteiger partial charge in [-0.1, -0.05) is 19.1 Å². The number of benzene rings is 1. The van der Waals surface area contributed by atoms with Crippen LogP contribution in [-0.4, -0.2) is 15.7 Å². The van der Waals surface area contributed by atoms with Crippen molar-refractivity contribution in [1.82, 2.24) is 9.78 Å². The highest BCUT2D eigenvalue weighted by atomic mass is 79.9. The number of nitrogens with zero attached hydrogens (tertiary/aromatic N) is 2. The monoisotopic (exact) mass is 372 g/mol. The molecule has 2 rings (SSSR count). The molecule has 1 heterocycles. The fraction of sp³-hybridized carbons (Fsp3) is 0.438. The topological polar surface area (TPSA) is 17.8 Å². The van der Waals surface area contributed by atoms with Crippen molar-refractivity contribution in [3.8, 4) is 0 Å². The van der Waals surface area contributed by atoms with E-state index in [1.54, 1.807) is 0 Å². The fourth-order valence-corrected chi connectivity index (χ4v) is 3.46. The van der Waals surface area contributed by atoms with Crippen molar-refractivity contribution in [3.05, 3.63) is 51.5 Å². The molecule has 0 aliphatic heterocycles. The van der Waals surface area contributed by atoms with Crippen LogP contribution in [-0.2, 0) is 19.4 Å². The van der Waals surface area contributed by atoms with Crippen LogP contribution in [0.15, 0.2) is 28.7 Å². The number of rotatable bonds is 6. The molecule has 2 nitrogen and oxygen atoms in total. The van der Waals surface area contributed by atoms with Gasteiger partial charge < -0.3 is 0 Å². The first-order chi connectivity index (χ1) is 10.1. The summed E-state index contributed by atoms with van der Waals surface area (Å²) in [7, 11) is 0. The van der Waals surface area contributed by atoms with Crippen molar-refractivity contribution >= 4 is 27.5 Å². The highest BCUT2D eigenvalue weighted by Gasteiger charge is 2.19. The highest BCUT2D eigenvalue weighted by molar-refractivity contribution is 9.10. The predicted octanol–water partition coefficient (Wildman–Crippen LogP) is 4.93. The summed E-state index contributed by atoms with van der Waals surface area (Å²) in [6.07, 6.45) is 1.68. The van der Waals surface area contributed by atoms with Crippen LogP contribution in [0.1, 0.15) is 36.7 Å². The molecule has 1 unspecified atom stereocenters. The summed E-state index contributed by atoms with van der Waals surface area (Å²) in [5.74, 6) is 0.421. The largest absolute Gasteiger partial charge is 0.268 e. The lowest BCUT2D eigenvalue weighted by Gasteiger charge is -2.15. The van der Waals surface area contributed by atoms with E-state index in [1.165, 1.54) is 12.1 Å². The summed E-state index contributed by atoms with van der Waals surface area (Å²) in [5, 5.41) is 4.61. The molecule has 0 amide bonds. The van der Waals surface area contributed by atoms with Gasteiger partial charge >= 0.3 is 0 Å². The molecule has 0 spiro atoms. The van der Waals surface area contributed by atoms with E-state index in [-0.39, 0.29) is 11.7 Å². The predicted molar refractivity (Wildman–Crippen MR) is 88.5 cm³/mol. The van der Waals surface area contributed by atoms with E-state index in [9.17, 15) is 4.39 Å². The maximum atomic E-state index is 13.1. The quantitative estimate of drug-likeness (QED) is 0.656. The minimum absolute atomic E-state index is 0.148. The van der Waals surface area contributed by atoms with Gasteiger partial charge in [0.2, 0.25) is 0 Å². The van der Waals surface area contributed by atoms with Gasteiger partial charge in [0.15, 0.2) is 0 Å². The minimum atomic E-state index is -0.222. The van der Waals surface area contributed by atoms with Gasteiger partial charge in [-0.2, -0.15) is 5.10 Å². The molecular weight excluding hydrogens is 355 g/mol. The molecule has 114 valence electrons. The second-order valence-corrected chi connectivity index (χ2v) is 6.09. The van der Waals surface area contributed by atoms with Gasteiger partial charge in [0, 0.05) is 18.3 Å². The number of hydrogen-bond acceptors (Lipinski definition) is 1. The van der Waals surface area contributed by atoms with Gasteiger partial charge in [-0.25, -0.2) is 4.39 Å². The standard InChI is InChI=1S/C16H19BrClFN2/c1-3-14-16(17)15(21(4-2)20-14)9-12(10-18)11-5-7-13(19)8-6-11/h5-8,12H,3-4,9-10H2,1-2H3. The Morgan fingerprint density at radius 2 is 1.95 bits per heavy atom. The van der Waals surface area contributed by atoms with Gasteiger partial charge in [0.05, 0.1) is 15.9 Å². The summed E-state index contributed by atoms with van der Waals surface area (Å²) in [6.45, 7) is 5.00. The Bertz CT molecular complexity index is 595. The number of alkyl halides is 1. The lowest BCUT2D eigenvalue weighted by atomic mass is 9.95. The molecule has 1 atom stereocenters. The van der Waals surface area contributed by atoms with Crippen LogP contribution < -0.4 is 0 Å². The number of halogens is 3. The van der Waals surface area contributed by atoms with Gasteiger partial charge in [-0.3, -0.25) is 4.68 Å². The molecule has 0 aliphatic carbocycles. The number of hydrogen-bond donors (Lipinski definition) is 0. The van der Waals surface area contributed by atoms with E-state index in [1.807, 2.05) is 16.8 Å². The van der Waals surface area contributed by atoms with E-state index < -0.39 is 0 Å². The summed E-state index contributed by atoms with van der Waals surface area (Å²) in [4.78, 5) is 0. The third-order valence-corrected chi connectivity index (χ3v) is 4.95. The normalized spacial score (nSPS) is 12.6. The Hall–Kier alpha value is -0.870. The molecule has 0 saturated carbocycles. The third kappa shape index (κ3) is 3.67. The van der Waals surface area contributed by atoms with Crippen molar-refractivity contribution < 1.29 is 4.39 Å². The molecular formula is C16H19BrClFN2. The first-order valence-corrected chi connectivity index (χ1v) is 8.48. The second-order valence-electron chi connectivity index (χ2n) is 4.98. The van der Waals surface area contributed by atoms with E-state index in [4.69, 9.17) is 11.6 Å². The van der Waals surface area contributed by atoms with E-state index >= 15 is 0 Å². The molecule has 0 aliphatic rings. The molecule has 0 fully saturated rings. The minimum Gasteiger partial charge on any atom is -0.268 e. The maximum Gasteiger partial charge on any atom is 0.123 e. The first-order valence-electron chi connectivity index (χ1n) is 7.16. The molecule has 0 radical (unpaired) electrons. The Kier molecular flexibility index (Phi) is 5.82. The lowest BCUT2D eigenvalue weighted by Crippen LogP contribution is -2.10. The van der Waals surface area contributed by atoms with E-state index in [0.29, 0.717) is 5.88 Å². The molecule has 5 heteroatoms. The van der Waals surface area contributed by atoms with Crippen LogP contribution in [0.4, 0.5) is 4.39 Å². The van der Waals surface area contributed by atoms with Gasteiger partial charge in [-0.05, 0) is 53.4 Å². The number of aryl methyl sites for hydroxylation is 2. The Balaban J connectivity index is 2.30. The smallest absolute Gasteiger partial charge is 0.123 e. The lowest BCUT2D eigenvalue weighted by molar-refractivity contribution is 0.591. The summed E-state index contributed by atoms with van der Waals surface area (Å²) >= 11 is 9.80. The molecule has 2 aromatic rings. The third-order valence-electron chi connectivity index (χ3n) is 3.66. The van der Waals surface area contributed by atoms with Crippen LogP contribution in [0.25, 0.3) is 0 Å².